The molecule has 1 unspecified atom stereocenters. The molecule has 0 bridgehead atoms. The van der Waals surface area contributed by atoms with Gasteiger partial charge in [-0.1, -0.05) is 0 Å². The number of H-pyrrole nitrogens is 1. The van der Waals surface area contributed by atoms with E-state index in [0.29, 0.717) is 5.75 Å². The van der Waals surface area contributed by atoms with Crippen LogP contribution in [0.15, 0.2) is 24.4 Å². The molecular weight excluding hydrogens is 230 g/mol. The maximum atomic E-state index is 8.83. The summed E-state index contributed by atoms with van der Waals surface area (Å²) in [5, 5.41) is 15.7. The fourth-order valence-electron chi connectivity index (χ4n) is 1.60. The van der Waals surface area contributed by atoms with Gasteiger partial charge < -0.3 is 15.6 Å². The van der Waals surface area contributed by atoms with Crippen LogP contribution in [0.3, 0.4) is 0 Å². The van der Waals surface area contributed by atoms with E-state index in [1.54, 1.807) is 6.07 Å². The lowest BCUT2D eigenvalue weighted by molar-refractivity contribution is 0.206. The third kappa shape index (κ3) is 2.88. The lowest BCUT2D eigenvalue weighted by atomic mass is 10.1. The highest BCUT2D eigenvalue weighted by Gasteiger charge is 2.06. The van der Waals surface area contributed by atoms with Crippen LogP contribution < -0.4 is 10.5 Å². The van der Waals surface area contributed by atoms with E-state index in [1.807, 2.05) is 25.3 Å². The molecule has 1 radical (unpaired) electrons. The number of rotatable bonds is 5. The predicted molar refractivity (Wildman–Crippen MR) is 68.2 cm³/mol. The van der Waals surface area contributed by atoms with Crippen molar-refractivity contribution in [2.75, 3.05) is 13.2 Å². The summed E-state index contributed by atoms with van der Waals surface area (Å²) >= 11 is 0. The predicted octanol–water partition coefficient (Wildman–Crippen LogP) is 0.884. The Morgan fingerprint density at radius 2 is 2.39 bits per heavy atom. The maximum Gasteiger partial charge on any atom is 0.120 e. The second-order valence-electron chi connectivity index (χ2n) is 4.10. The normalized spacial score (nSPS) is 12.4. The number of aromatic amines is 1. The zero-order valence-electron chi connectivity index (χ0n) is 10.2. The molecule has 1 heterocycles. The summed E-state index contributed by atoms with van der Waals surface area (Å²) in [5.41, 5.74) is 8.50. The monoisotopic (exact) mass is 246 g/mol. The van der Waals surface area contributed by atoms with E-state index in [2.05, 4.69) is 16.3 Å². The topological polar surface area (TPSA) is 84.2 Å². The molecule has 5 heteroatoms. The highest BCUT2D eigenvalue weighted by molar-refractivity contribution is 5.66. The minimum Gasteiger partial charge on any atom is -0.492 e. The van der Waals surface area contributed by atoms with Crippen LogP contribution in [0.2, 0.25) is 0 Å². The van der Waals surface area contributed by atoms with Crippen LogP contribution in [-0.4, -0.2) is 34.6 Å². The van der Waals surface area contributed by atoms with Gasteiger partial charge in [-0.2, -0.15) is 5.10 Å². The van der Waals surface area contributed by atoms with Gasteiger partial charge in [-0.15, -0.1) is 0 Å². The van der Waals surface area contributed by atoms with Crippen molar-refractivity contribution in [3.63, 3.8) is 0 Å². The average Bonchev–Trinajstić information content (AvgIpc) is 2.82. The first-order chi connectivity index (χ1) is 8.70. The third-order valence-electron chi connectivity index (χ3n) is 2.60. The van der Waals surface area contributed by atoms with E-state index in [1.165, 1.54) is 0 Å². The minimum absolute atomic E-state index is 0.0930. The number of aliphatic hydroxyl groups excluding tert-OH is 1. The molecule has 1 aromatic heterocycles. The Bertz CT molecular complexity index is 510. The molecule has 0 amide bonds. The van der Waals surface area contributed by atoms with Crippen molar-refractivity contribution >= 4 is 0 Å². The lowest BCUT2D eigenvalue weighted by Gasteiger charge is -2.11. The van der Waals surface area contributed by atoms with Crippen molar-refractivity contribution in [1.29, 1.82) is 0 Å². The smallest absolute Gasteiger partial charge is 0.120 e. The van der Waals surface area contributed by atoms with Gasteiger partial charge >= 0.3 is 0 Å². The van der Waals surface area contributed by atoms with E-state index >= 15 is 0 Å². The number of ether oxygens (including phenoxy) is 1. The summed E-state index contributed by atoms with van der Waals surface area (Å²) in [6.45, 7) is 2.11. The van der Waals surface area contributed by atoms with E-state index in [4.69, 9.17) is 15.6 Å². The molecule has 1 aromatic carbocycles. The van der Waals surface area contributed by atoms with Gasteiger partial charge in [0.1, 0.15) is 12.4 Å². The van der Waals surface area contributed by atoms with Crippen LogP contribution in [0.25, 0.3) is 11.1 Å². The molecule has 0 aliphatic carbocycles. The molecule has 1 atom stereocenters. The molecule has 2 aromatic rings. The fraction of sp³-hybridized carbons (Fsp3) is 0.308. The first-order valence-corrected chi connectivity index (χ1v) is 5.72. The molecule has 0 aliphatic heterocycles. The first-order valence-electron chi connectivity index (χ1n) is 5.72. The van der Waals surface area contributed by atoms with Crippen molar-refractivity contribution in [3.8, 4) is 16.9 Å². The molecule has 4 N–H and O–H groups in total. The van der Waals surface area contributed by atoms with Gasteiger partial charge in [-0.25, -0.2) is 0 Å². The summed E-state index contributed by atoms with van der Waals surface area (Å²) < 4.78 is 5.49. The Labute approximate surface area is 106 Å². The Morgan fingerprint density at radius 1 is 1.56 bits per heavy atom. The van der Waals surface area contributed by atoms with Crippen molar-refractivity contribution in [2.24, 2.45) is 5.73 Å². The summed E-state index contributed by atoms with van der Waals surface area (Å²) in [4.78, 5) is 0. The number of nitrogens with zero attached hydrogens (tertiary/aromatic N) is 1. The number of aliphatic hydroxyl groups is 1. The van der Waals surface area contributed by atoms with Gasteiger partial charge in [0.15, 0.2) is 0 Å². The van der Waals surface area contributed by atoms with Gasteiger partial charge in [0.25, 0.3) is 0 Å². The second-order valence-corrected chi connectivity index (χ2v) is 4.10. The Hall–Kier alpha value is -1.85. The molecule has 0 fully saturated rings. The summed E-state index contributed by atoms with van der Waals surface area (Å²) in [5.74, 6) is 0.678. The van der Waals surface area contributed by atoms with E-state index in [-0.39, 0.29) is 19.3 Å². The third-order valence-corrected chi connectivity index (χ3v) is 2.60. The molecule has 0 aliphatic rings. The largest absolute Gasteiger partial charge is 0.492 e. The molecule has 0 saturated carbocycles. The zero-order chi connectivity index (χ0) is 13.0. The molecule has 95 valence electrons. The summed E-state index contributed by atoms with van der Waals surface area (Å²) in [6, 6.07) is 8.16. The van der Waals surface area contributed by atoms with Gasteiger partial charge in [0.05, 0.1) is 18.3 Å². The van der Waals surface area contributed by atoms with Crippen molar-refractivity contribution in [1.82, 2.24) is 10.2 Å². The Morgan fingerprint density at radius 3 is 3.06 bits per heavy atom. The molecular formula is C13H16N3O2. The number of aromatic nitrogens is 2. The first kappa shape index (κ1) is 12.6. The quantitative estimate of drug-likeness (QED) is 0.731. The highest BCUT2D eigenvalue weighted by Crippen LogP contribution is 2.25. The van der Waals surface area contributed by atoms with Crippen LogP contribution in [0.5, 0.6) is 5.75 Å². The number of aryl methyl sites for hydroxylation is 1. The molecule has 5 nitrogen and oxygen atoms in total. The maximum absolute atomic E-state index is 8.83. The Kier molecular flexibility index (Phi) is 3.96. The van der Waals surface area contributed by atoms with Crippen molar-refractivity contribution in [2.45, 2.75) is 13.0 Å². The molecule has 0 spiro atoms. The number of benzene rings is 1. The van der Waals surface area contributed by atoms with Crippen LogP contribution >= 0.6 is 0 Å². The van der Waals surface area contributed by atoms with Gasteiger partial charge in [0, 0.05) is 11.8 Å². The van der Waals surface area contributed by atoms with E-state index < -0.39 is 0 Å². The Balaban J connectivity index is 2.13. The van der Waals surface area contributed by atoms with Gasteiger partial charge in [-0.3, -0.25) is 5.10 Å². The SMILES string of the molecule is Cc1n[nH]cc1-c1c[c]cc(OCC(N)CO)c1. The fourth-order valence-corrected chi connectivity index (χ4v) is 1.60. The second kappa shape index (κ2) is 5.66. The highest BCUT2D eigenvalue weighted by atomic mass is 16.5. The van der Waals surface area contributed by atoms with Gasteiger partial charge in [-0.05, 0) is 36.8 Å². The van der Waals surface area contributed by atoms with Crippen LogP contribution in [0, 0.1) is 13.0 Å². The van der Waals surface area contributed by atoms with Crippen LogP contribution in [-0.2, 0) is 0 Å². The lowest BCUT2D eigenvalue weighted by Crippen LogP contribution is -2.31. The average molecular weight is 246 g/mol. The number of nitrogens with two attached hydrogens (primary N) is 1. The summed E-state index contributed by atoms with van der Waals surface area (Å²) in [7, 11) is 0. The van der Waals surface area contributed by atoms with Crippen LogP contribution in [0.4, 0.5) is 0 Å². The zero-order valence-corrected chi connectivity index (χ0v) is 10.2. The minimum atomic E-state index is -0.371. The van der Waals surface area contributed by atoms with Crippen molar-refractivity contribution in [3.05, 3.63) is 36.2 Å². The van der Waals surface area contributed by atoms with Gasteiger partial charge in [0.2, 0.25) is 0 Å². The number of nitrogens with one attached hydrogen (secondary N) is 1. The molecule has 18 heavy (non-hydrogen) atoms. The van der Waals surface area contributed by atoms with Crippen molar-refractivity contribution < 1.29 is 9.84 Å². The summed E-state index contributed by atoms with van der Waals surface area (Å²) in [6.07, 6.45) is 1.84. The molecule has 0 saturated heterocycles. The van der Waals surface area contributed by atoms with E-state index in [0.717, 1.165) is 16.8 Å². The standard InChI is InChI=1S/C13H16N3O2/c1-9-13(6-15-16-9)10-3-2-4-12(5-10)18-8-11(14)7-17/h3-6,11,17H,7-8,14H2,1H3,(H,15,16). The van der Waals surface area contributed by atoms with Crippen LogP contribution in [0.1, 0.15) is 5.69 Å². The van der Waals surface area contributed by atoms with E-state index in [9.17, 15) is 0 Å². The number of hydrogen-bond donors (Lipinski definition) is 3. The molecule has 2 rings (SSSR count). The number of hydrogen-bond acceptors (Lipinski definition) is 4.